The van der Waals surface area contributed by atoms with E-state index in [0.717, 1.165) is 6.61 Å². The number of nitrogens with two attached hydrogens (primary N) is 3. The monoisotopic (exact) mass is 420 g/mol. The predicted molar refractivity (Wildman–Crippen MR) is 89.6 cm³/mol. The van der Waals surface area contributed by atoms with Gasteiger partial charge in [0.05, 0.1) is 0 Å². The van der Waals surface area contributed by atoms with Gasteiger partial charge in [-0.3, -0.25) is 46.9 Å². The van der Waals surface area contributed by atoms with Gasteiger partial charge >= 0.3 is 29.4 Å². The Balaban J connectivity index is -0.0000000228. The van der Waals surface area contributed by atoms with Gasteiger partial charge in [0, 0.05) is 0 Å². The van der Waals surface area contributed by atoms with Gasteiger partial charge in [0.25, 0.3) is 0 Å². The van der Waals surface area contributed by atoms with Gasteiger partial charge in [-0.2, -0.15) is 0 Å². The number of carboxylic acid groups (broad SMARTS) is 4. The summed E-state index contributed by atoms with van der Waals surface area (Å²) in [5.41, 5.74) is 4.72. The van der Waals surface area contributed by atoms with Crippen LogP contribution in [0.15, 0.2) is 0 Å². The summed E-state index contributed by atoms with van der Waals surface area (Å²) in [6.45, 7) is 13.4. The van der Waals surface area contributed by atoms with Crippen molar-refractivity contribution in [2.75, 3.05) is 6.54 Å². The van der Waals surface area contributed by atoms with E-state index in [2.05, 4.69) is 39.2 Å². The number of hydrogen-bond acceptors (Lipinski definition) is 6. The van der Waals surface area contributed by atoms with Gasteiger partial charge in [0.2, 0.25) is 0 Å². The molecule has 0 aromatic carbocycles. The second-order valence-corrected chi connectivity index (χ2v) is 4.11. The summed E-state index contributed by atoms with van der Waals surface area (Å²) in [5.74, 6) is -4.33. The van der Waals surface area contributed by atoms with E-state index in [9.17, 15) is 0 Å². The molecule has 13 heteroatoms. The van der Waals surface area contributed by atoms with Crippen molar-refractivity contribution in [3.05, 3.63) is 46.6 Å². The molecule has 25 heavy (non-hydrogen) atoms. The van der Waals surface area contributed by atoms with E-state index < -0.39 is 23.9 Å². The van der Waals surface area contributed by atoms with Crippen molar-refractivity contribution in [3.63, 3.8) is 0 Å². The molecule has 0 amide bonds. The molecule has 0 rings (SSSR count). The Morgan fingerprint density at radius 1 is 0.880 bits per heavy atom. The topological polar surface area (TPSA) is 262 Å². The molecular formula is C12H26N3O9Zn-7. The first kappa shape index (κ1) is 49.5. The van der Waals surface area contributed by atoms with E-state index in [1.807, 2.05) is 0 Å². The van der Waals surface area contributed by atoms with E-state index in [0.29, 0.717) is 0 Å². The fourth-order valence-corrected chi connectivity index (χ4v) is 0. The fraction of sp³-hybridized carbons (Fsp3) is 0.167. The Kier molecular flexibility index (Phi) is 114. The maximum Gasteiger partial charge on any atom is 0.161 e. The molecule has 0 bridgehead atoms. The average molecular weight is 422 g/mol. The molecule has 0 aromatic rings. The summed E-state index contributed by atoms with van der Waals surface area (Å²) in [7, 11) is 0. The van der Waals surface area contributed by atoms with Crippen LogP contribution in [0.3, 0.4) is 0 Å². The quantitative estimate of drug-likeness (QED) is 0.257. The standard InChI is InChI=1S/C2H6NO.4C2H3O2.C2H4.2H2N.Zn/c3-1-2-4;4*1-2(3)4;1-2;;;/h2,4H,1,3H2;4*1H2,(H,3,4);1H,2H3;2*1H2;/q5*-1;;2*-1;. The van der Waals surface area contributed by atoms with E-state index in [-0.39, 0.29) is 18.8 Å². The molecule has 12 nitrogen and oxygen atoms in total. The normalized spacial score (nSPS) is 5.64. The van der Waals surface area contributed by atoms with Crippen LogP contribution in [0.1, 0.15) is 6.92 Å². The molecule has 0 fully saturated rings. The van der Waals surface area contributed by atoms with Crippen molar-refractivity contribution in [2.45, 2.75) is 6.92 Å². The summed E-state index contributed by atoms with van der Waals surface area (Å²) in [6.07, 6.45) is 0. The van der Waals surface area contributed by atoms with Crippen molar-refractivity contribution < 1.29 is 62.6 Å². The molecule has 0 spiro atoms. The molecule has 0 aromatic heterocycles. The van der Waals surface area contributed by atoms with Gasteiger partial charge in [-0.15, -0.1) is 6.54 Å². The van der Waals surface area contributed by atoms with E-state index in [1.165, 1.54) is 17.9 Å². The number of hydrogen-bond donors (Lipinski definition) is 6. The molecule has 0 unspecified atom stereocenters. The SMILES string of the molecule is C[CH]=[Zn].NC[CH-]O.[CH2-]C(=O)O.[CH2-]C(=O)O.[CH2-]C(=O)O.[CH2-]C(=O)O.[NH2-].[NH2-]. The predicted octanol–water partition coefficient (Wildman–Crippen LogP) is 0.889. The number of aliphatic hydroxyl groups is 1. The summed E-state index contributed by atoms with van der Waals surface area (Å²) >= 11 is 1.32. The fourth-order valence-electron chi connectivity index (χ4n) is 0. The molecular weight excluding hydrogens is 396 g/mol. The van der Waals surface area contributed by atoms with Gasteiger partial charge < -0.3 is 43.6 Å². The zero-order chi connectivity index (χ0) is 20.4. The van der Waals surface area contributed by atoms with Crippen LogP contribution in [0.5, 0.6) is 0 Å². The van der Waals surface area contributed by atoms with Gasteiger partial charge in [-0.25, -0.2) is 6.61 Å². The second kappa shape index (κ2) is 57.7. The molecule has 0 atom stereocenters. The molecule has 0 saturated heterocycles. The molecule has 0 saturated carbocycles. The third-order valence-corrected chi connectivity index (χ3v) is 0.105. The first-order valence-corrected chi connectivity index (χ1v) is 6.90. The van der Waals surface area contributed by atoms with Crippen LogP contribution in [-0.4, -0.2) is 60.6 Å². The molecule has 152 valence electrons. The second-order valence-electron chi connectivity index (χ2n) is 2.40. The van der Waals surface area contributed by atoms with Crippen LogP contribution in [-0.2, 0) is 37.0 Å². The van der Waals surface area contributed by atoms with E-state index >= 15 is 0 Å². The van der Waals surface area contributed by atoms with Crippen molar-refractivity contribution >= 4 is 28.5 Å². The molecule has 0 aliphatic rings. The third-order valence-electron chi connectivity index (χ3n) is 0.105. The minimum atomic E-state index is -1.08. The number of carboxylic acids is 4. The summed E-state index contributed by atoms with van der Waals surface area (Å²) in [6, 6.07) is 0. The summed E-state index contributed by atoms with van der Waals surface area (Å²) in [4.78, 5) is 35.6. The van der Waals surface area contributed by atoms with Crippen molar-refractivity contribution in [1.29, 1.82) is 0 Å². The van der Waals surface area contributed by atoms with Gasteiger partial charge in [0.1, 0.15) is 0 Å². The minimum absolute atomic E-state index is 0. The van der Waals surface area contributed by atoms with Crippen LogP contribution in [0.2, 0.25) is 0 Å². The molecule has 0 radical (unpaired) electrons. The zero-order valence-corrected chi connectivity index (χ0v) is 17.0. The van der Waals surface area contributed by atoms with Gasteiger partial charge in [-0.05, 0) is 0 Å². The maximum atomic E-state index is 8.89. The third kappa shape index (κ3) is 4930. The number of carbonyl (C=O) groups is 4. The first-order valence-electron chi connectivity index (χ1n) is 5.19. The van der Waals surface area contributed by atoms with Crippen molar-refractivity contribution in [2.24, 2.45) is 5.73 Å². The average Bonchev–Trinajstić information content (AvgIpc) is 2.26. The Hall–Kier alpha value is -2.31. The van der Waals surface area contributed by atoms with Crippen LogP contribution in [0.25, 0.3) is 12.3 Å². The van der Waals surface area contributed by atoms with Crippen LogP contribution >= 0.6 is 0 Å². The zero-order valence-electron chi connectivity index (χ0n) is 14.0. The smallest absolute Gasteiger partial charge is 0.161 e. The molecule has 0 aliphatic carbocycles. The Bertz CT molecular complexity index is 238. The first-order chi connectivity index (χ1) is 10.3. The van der Waals surface area contributed by atoms with Crippen LogP contribution in [0.4, 0.5) is 0 Å². The maximum absolute atomic E-state index is 8.89. The Labute approximate surface area is 157 Å². The van der Waals surface area contributed by atoms with Crippen LogP contribution < -0.4 is 5.73 Å². The van der Waals surface area contributed by atoms with E-state index in [4.69, 9.17) is 50.4 Å². The Morgan fingerprint density at radius 2 is 0.920 bits per heavy atom. The minimum Gasteiger partial charge on any atom is -0.693 e. The van der Waals surface area contributed by atoms with Crippen molar-refractivity contribution in [3.8, 4) is 0 Å². The summed E-state index contributed by atoms with van der Waals surface area (Å²) in [5, 5.41) is 36.8. The number of aliphatic carboxylic acids is 4. The molecule has 0 heterocycles. The summed E-state index contributed by atoms with van der Waals surface area (Å²) < 4.78 is 2.12. The molecule has 11 N–H and O–H groups in total. The Morgan fingerprint density at radius 3 is 0.920 bits per heavy atom. The van der Waals surface area contributed by atoms with Gasteiger partial charge in [0.15, 0.2) is 23.9 Å². The molecule has 0 aliphatic heterocycles. The number of aliphatic hydroxyl groups excluding tert-OH is 1. The van der Waals surface area contributed by atoms with E-state index in [1.54, 1.807) is 0 Å². The largest absolute Gasteiger partial charge is 0.693 e. The number of rotatable bonds is 1. The van der Waals surface area contributed by atoms with Gasteiger partial charge in [-0.1, -0.05) is 0 Å². The van der Waals surface area contributed by atoms with Crippen molar-refractivity contribution in [1.82, 2.24) is 0 Å². The van der Waals surface area contributed by atoms with Crippen LogP contribution in [0, 0.1) is 34.3 Å².